The van der Waals surface area contributed by atoms with Gasteiger partial charge in [0.25, 0.3) is 11.5 Å². The SMILES string of the molecule is O=C1/C(=c2\sc3nc4ccccc4n3c2=O)c2ccccc2N1Cc1ccc(Cl)cc1. The molecule has 6 rings (SSSR count). The molecule has 0 unspecified atom stereocenters. The van der Waals surface area contributed by atoms with Crippen LogP contribution in [-0.4, -0.2) is 15.3 Å². The first kappa shape index (κ1) is 18.3. The third kappa shape index (κ3) is 2.72. The summed E-state index contributed by atoms with van der Waals surface area (Å²) in [6.45, 7) is 0.399. The maximum atomic E-state index is 13.5. The number of anilines is 1. The Labute approximate surface area is 185 Å². The molecule has 3 heterocycles. The summed E-state index contributed by atoms with van der Waals surface area (Å²) in [5, 5.41) is 0.648. The molecule has 1 aliphatic heterocycles. The highest BCUT2D eigenvalue weighted by atomic mass is 35.5. The highest BCUT2D eigenvalue weighted by Gasteiger charge is 2.34. The van der Waals surface area contributed by atoms with E-state index in [4.69, 9.17) is 11.6 Å². The lowest BCUT2D eigenvalue weighted by molar-refractivity contribution is -0.113. The number of hydrogen-bond donors (Lipinski definition) is 0. The van der Waals surface area contributed by atoms with Crippen molar-refractivity contribution in [2.24, 2.45) is 0 Å². The lowest BCUT2D eigenvalue weighted by Crippen LogP contribution is -2.31. The van der Waals surface area contributed by atoms with Crippen LogP contribution in [0.15, 0.2) is 77.6 Å². The number of fused-ring (bicyclic) bond motifs is 4. The minimum atomic E-state index is -0.208. The molecule has 5 aromatic rings. The second kappa shape index (κ2) is 6.77. The van der Waals surface area contributed by atoms with Gasteiger partial charge in [0.15, 0.2) is 4.96 Å². The van der Waals surface area contributed by atoms with Gasteiger partial charge in [0, 0.05) is 10.6 Å². The van der Waals surface area contributed by atoms with Crippen LogP contribution in [0.3, 0.4) is 0 Å². The lowest BCUT2D eigenvalue weighted by Gasteiger charge is -2.17. The van der Waals surface area contributed by atoms with Crippen LogP contribution in [0.4, 0.5) is 5.69 Å². The van der Waals surface area contributed by atoms with Gasteiger partial charge in [-0.15, -0.1) is 0 Å². The van der Waals surface area contributed by atoms with Crippen molar-refractivity contribution in [2.75, 3.05) is 4.90 Å². The van der Waals surface area contributed by atoms with Crippen LogP contribution in [0.1, 0.15) is 11.1 Å². The van der Waals surface area contributed by atoms with E-state index in [1.54, 1.807) is 9.30 Å². The van der Waals surface area contributed by atoms with Gasteiger partial charge in [-0.2, -0.15) is 0 Å². The van der Waals surface area contributed by atoms with Gasteiger partial charge in [-0.25, -0.2) is 9.38 Å². The van der Waals surface area contributed by atoms with Crippen molar-refractivity contribution in [1.29, 1.82) is 0 Å². The zero-order valence-electron chi connectivity index (χ0n) is 16.1. The zero-order chi connectivity index (χ0) is 21.1. The third-order valence-corrected chi connectivity index (χ3v) is 6.82. The predicted molar refractivity (Wildman–Crippen MR) is 124 cm³/mol. The van der Waals surface area contributed by atoms with Crippen molar-refractivity contribution in [3.63, 3.8) is 0 Å². The number of hydrogen-bond acceptors (Lipinski definition) is 4. The fourth-order valence-electron chi connectivity index (χ4n) is 4.09. The quantitative estimate of drug-likeness (QED) is 0.414. The van der Waals surface area contributed by atoms with Crippen molar-refractivity contribution >= 4 is 56.1 Å². The van der Waals surface area contributed by atoms with Gasteiger partial charge in [0.1, 0.15) is 4.53 Å². The molecule has 3 aromatic carbocycles. The van der Waals surface area contributed by atoms with E-state index < -0.39 is 0 Å². The Morgan fingerprint density at radius 3 is 2.48 bits per heavy atom. The van der Waals surface area contributed by atoms with Crippen molar-refractivity contribution in [2.45, 2.75) is 6.54 Å². The molecule has 5 nitrogen and oxygen atoms in total. The first-order valence-electron chi connectivity index (χ1n) is 9.72. The van der Waals surface area contributed by atoms with Crippen LogP contribution in [0.2, 0.25) is 5.02 Å². The molecule has 0 atom stereocenters. The number of thiazole rings is 1. The number of carbonyl (C=O) groups is 1. The summed E-state index contributed by atoms with van der Waals surface area (Å²) >= 11 is 7.26. The number of para-hydroxylation sites is 3. The number of amides is 1. The maximum Gasteiger partial charge on any atom is 0.275 e. The molecule has 0 radical (unpaired) electrons. The van der Waals surface area contributed by atoms with Crippen molar-refractivity contribution in [3.8, 4) is 0 Å². The molecule has 0 fully saturated rings. The standard InChI is InChI=1S/C24H14ClN3O2S/c25-15-11-9-14(10-12-15)13-27-18-7-3-1-5-16(18)20(22(27)29)21-23(30)28-19-8-4-2-6-17(19)26-24(28)31-21/h1-12H,13H2/b21-20-. The maximum absolute atomic E-state index is 13.5. The van der Waals surface area contributed by atoms with E-state index in [1.807, 2.05) is 72.8 Å². The van der Waals surface area contributed by atoms with E-state index in [-0.39, 0.29) is 11.5 Å². The number of carbonyl (C=O) groups excluding carboxylic acids is 1. The Hall–Kier alpha value is -3.48. The lowest BCUT2D eigenvalue weighted by atomic mass is 10.1. The molecule has 0 spiro atoms. The molecule has 2 aromatic heterocycles. The molecule has 1 aliphatic rings. The Balaban J connectivity index is 1.58. The van der Waals surface area contributed by atoms with E-state index in [2.05, 4.69) is 4.98 Å². The minimum Gasteiger partial charge on any atom is -0.303 e. The number of aromatic nitrogens is 2. The summed E-state index contributed by atoms with van der Waals surface area (Å²) in [6.07, 6.45) is 0. The summed E-state index contributed by atoms with van der Waals surface area (Å²) in [5.74, 6) is -0.179. The average Bonchev–Trinajstić information content (AvgIpc) is 3.39. The Kier molecular flexibility index (Phi) is 4.00. The Morgan fingerprint density at radius 1 is 0.903 bits per heavy atom. The fourth-order valence-corrected chi connectivity index (χ4v) is 5.29. The predicted octanol–water partition coefficient (Wildman–Crippen LogP) is 4.03. The topological polar surface area (TPSA) is 54.7 Å². The summed E-state index contributed by atoms with van der Waals surface area (Å²) in [6, 6.07) is 22.5. The van der Waals surface area contributed by atoms with E-state index in [1.165, 1.54) is 11.3 Å². The van der Waals surface area contributed by atoms with Gasteiger partial charge in [-0.05, 0) is 35.9 Å². The molecule has 0 saturated carbocycles. The number of halogens is 1. The Morgan fingerprint density at radius 2 is 1.65 bits per heavy atom. The van der Waals surface area contributed by atoms with Crippen LogP contribution < -0.4 is 15.0 Å². The highest BCUT2D eigenvalue weighted by molar-refractivity contribution is 7.15. The van der Waals surface area contributed by atoms with Gasteiger partial charge in [-0.1, -0.05) is 65.4 Å². The molecular weight excluding hydrogens is 430 g/mol. The minimum absolute atomic E-state index is 0.179. The zero-order valence-corrected chi connectivity index (χ0v) is 17.7. The summed E-state index contributed by atoms with van der Waals surface area (Å²) < 4.78 is 2.02. The molecule has 7 heteroatoms. The van der Waals surface area contributed by atoms with E-state index >= 15 is 0 Å². The third-order valence-electron chi connectivity index (χ3n) is 5.52. The van der Waals surface area contributed by atoms with E-state index in [0.29, 0.717) is 26.6 Å². The van der Waals surface area contributed by atoms with Gasteiger partial charge in [0.05, 0.1) is 28.8 Å². The van der Waals surface area contributed by atoms with Gasteiger partial charge in [0.2, 0.25) is 0 Å². The van der Waals surface area contributed by atoms with Crippen molar-refractivity contribution in [3.05, 3.63) is 104 Å². The molecule has 1 amide bonds. The molecular formula is C24H14ClN3O2S. The largest absolute Gasteiger partial charge is 0.303 e. The van der Waals surface area contributed by atoms with Crippen molar-refractivity contribution in [1.82, 2.24) is 9.38 Å². The van der Waals surface area contributed by atoms with Crippen LogP contribution in [0, 0.1) is 0 Å². The summed E-state index contributed by atoms with van der Waals surface area (Å²) in [4.78, 5) is 33.8. The second-order valence-electron chi connectivity index (χ2n) is 7.36. The molecule has 150 valence electrons. The number of benzene rings is 3. The monoisotopic (exact) mass is 443 g/mol. The van der Waals surface area contributed by atoms with Crippen LogP contribution in [0.25, 0.3) is 21.6 Å². The first-order chi connectivity index (χ1) is 15.1. The van der Waals surface area contributed by atoms with Crippen LogP contribution >= 0.6 is 22.9 Å². The second-order valence-corrected chi connectivity index (χ2v) is 8.78. The molecule has 31 heavy (non-hydrogen) atoms. The van der Waals surface area contributed by atoms with Gasteiger partial charge in [-0.3, -0.25) is 9.59 Å². The highest BCUT2D eigenvalue weighted by Crippen LogP contribution is 2.36. The van der Waals surface area contributed by atoms with Crippen LogP contribution in [0.5, 0.6) is 0 Å². The van der Waals surface area contributed by atoms with Crippen LogP contribution in [-0.2, 0) is 11.3 Å². The smallest absolute Gasteiger partial charge is 0.275 e. The Bertz CT molecular complexity index is 1620. The number of rotatable bonds is 2. The fraction of sp³-hybridized carbons (Fsp3) is 0.0417. The number of imidazole rings is 1. The normalized spacial score (nSPS) is 15.3. The summed E-state index contributed by atoms with van der Waals surface area (Å²) in [5.41, 5.74) is 4.28. The van der Waals surface area contributed by atoms with E-state index in [0.717, 1.165) is 27.8 Å². The first-order valence-corrected chi connectivity index (χ1v) is 10.9. The molecule has 0 N–H and O–H groups in total. The molecule has 0 aliphatic carbocycles. The molecule has 0 saturated heterocycles. The average molecular weight is 444 g/mol. The van der Waals surface area contributed by atoms with Crippen molar-refractivity contribution < 1.29 is 4.79 Å². The van der Waals surface area contributed by atoms with E-state index in [9.17, 15) is 9.59 Å². The van der Waals surface area contributed by atoms with Gasteiger partial charge < -0.3 is 4.90 Å². The van der Waals surface area contributed by atoms with Gasteiger partial charge >= 0.3 is 0 Å². The molecule has 0 bridgehead atoms. The summed E-state index contributed by atoms with van der Waals surface area (Å²) in [7, 11) is 0. The number of nitrogens with zero attached hydrogens (tertiary/aromatic N) is 3.